The summed E-state index contributed by atoms with van der Waals surface area (Å²) in [5.74, 6) is 0. The Morgan fingerprint density at radius 2 is 2.25 bits per heavy atom. The summed E-state index contributed by atoms with van der Waals surface area (Å²) in [4.78, 5) is 25.4. The van der Waals surface area contributed by atoms with E-state index in [0.717, 1.165) is 6.42 Å². The highest BCUT2D eigenvalue weighted by atomic mass is 16.5. The van der Waals surface area contributed by atoms with Gasteiger partial charge in [0.2, 0.25) is 0 Å². The SMILES string of the molecule is Cc1cn([C@H]2C[C@@]3(O)CCC[C@@H](O)[C@H]3O2)c(=O)[nH]c1=O. The fraction of sp³-hybridized carbons (Fsp3) is 0.692. The van der Waals surface area contributed by atoms with Crippen molar-refractivity contribution in [1.82, 2.24) is 9.55 Å². The molecule has 0 unspecified atom stereocenters. The van der Waals surface area contributed by atoms with Gasteiger partial charge >= 0.3 is 5.69 Å². The van der Waals surface area contributed by atoms with Crippen LogP contribution < -0.4 is 11.2 Å². The number of aromatic amines is 1. The Kier molecular flexibility index (Phi) is 3.07. The van der Waals surface area contributed by atoms with Gasteiger partial charge in [-0.15, -0.1) is 0 Å². The molecule has 0 bridgehead atoms. The van der Waals surface area contributed by atoms with E-state index >= 15 is 0 Å². The lowest BCUT2D eigenvalue weighted by molar-refractivity contribution is -0.137. The van der Waals surface area contributed by atoms with Gasteiger partial charge in [0.15, 0.2) is 0 Å². The molecule has 110 valence electrons. The van der Waals surface area contributed by atoms with Crippen molar-refractivity contribution in [3.63, 3.8) is 0 Å². The number of aromatic nitrogens is 2. The first-order valence-corrected chi connectivity index (χ1v) is 6.79. The molecule has 0 aromatic carbocycles. The molecule has 2 heterocycles. The van der Waals surface area contributed by atoms with E-state index in [1.165, 1.54) is 10.8 Å². The Morgan fingerprint density at radius 3 is 2.95 bits per heavy atom. The van der Waals surface area contributed by atoms with Crippen LogP contribution in [-0.4, -0.2) is 37.6 Å². The first-order chi connectivity index (χ1) is 9.40. The summed E-state index contributed by atoms with van der Waals surface area (Å²) in [6.07, 6.45) is 1.45. The number of ether oxygens (including phenoxy) is 1. The minimum absolute atomic E-state index is 0.236. The molecule has 7 nitrogen and oxygen atoms in total. The number of nitrogens with zero attached hydrogens (tertiary/aromatic N) is 1. The highest BCUT2D eigenvalue weighted by Gasteiger charge is 2.52. The topological polar surface area (TPSA) is 105 Å². The average Bonchev–Trinajstić information content (AvgIpc) is 2.72. The largest absolute Gasteiger partial charge is 0.390 e. The van der Waals surface area contributed by atoms with Crippen molar-refractivity contribution in [2.45, 2.75) is 56.6 Å². The zero-order chi connectivity index (χ0) is 14.5. The molecular formula is C13H18N2O5. The minimum atomic E-state index is -1.11. The Labute approximate surface area is 114 Å². The van der Waals surface area contributed by atoms with Crippen LogP contribution in [-0.2, 0) is 4.74 Å². The molecule has 2 aliphatic rings. The Bertz CT molecular complexity index is 636. The molecular weight excluding hydrogens is 264 g/mol. The Morgan fingerprint density at radius 1 is 1.50 bits per heavy atom. The third-order valence-corrected chi connectivity index (χ3v) is 4.28. The van der Waals surface area contributed by atoms with Crippen LogP contribution in [0.5, 0.6) is 0 Å². The molecule has 1 aliphatic heterocycles. The van der Waals surface area contributed by atoms with Crippen molar-refractivity contribution in [1.29, 1.82) is 0 Å². The first kappa shape index (κ1) is 13.5. The number of H-pyrrole nitrogens is 1. The standard InChI is InChI=1S/C13H18N2O5/c1-7-6-15(12(18)14-11(7)17)9-5-13(19)4-2-3-8(16)10(13)20-9/h6,8-10,16,19H,2-5H2,1H3,(H,14,17,18)/t8-,9-,10-,13+/m1/s1. The number of aliphatic hydroxyl groups is 2. The van der Waals surface area contributed by atoms with Crippen LogP contribution in [0.3, 0.4) is 0 Å². The maximum atomic E-state index is 11.9. The fourth-order valence-electron chi connectivity index (χ4n) is 3.19. The van der Waals surface area contributed by atoms with Gasteiger partial charge in [0.25, 0.3) is 5.56 Å². The minimum Gasteiger partial charge on any atom is -0.390 e. The van der Waals surface area contributed by atoms with Gasteiger partial charge in [-0.3, -0.25) is 14.3 Å². The molecule has 1 saturated carbocycles. The van der Waals surface area contributed by atoms with Crippen molar-refractivity contribution in [2.24, 2.45) is 0 Å². The smallest absolute Gasteiger partial charge is 0.330 e. The molecule has 1 saturated heterocycles. The molecule has 1 aromatic rings. The van der Waals surface area contributed by atoms with Crippen molar-refractivity contribution >= 4 is 0 Å². The fourth-order valence-corrected chi connectivity index (χ4v) is 3.19. The van der Waals surface area contributed by atoms with Gasteiger partial charge in [-0.2, -0.15) is 0 Å². The summed E-state index contributed by atoms with van der Waals surface area (Å²) < 4.78 is 6.96. The molecule has 7 heteroatoms. The summed E-state index contributed by atoms with van der Waals surface area (Å²) in [5, 5.41) is 20.5. The Hall–Kier alpha value is -1.44. The molecule has 2 fully saturated rings. The van der Waals surface area contributed by atoms with Gasteiger partial charge in [-0.25, -0.2) is 4.79 Å². The van der Waals surface area contributed by atoms with Gasteiger partial charge in [0, 0.05) is 18.2 Å². The number of hydrogen-bond acceptors (Lipinski definition) is 5. The van der Waals surface area contributed by atoms with E-state index in [-0.39, 0.29) is 6.42 Å². The summed E-state index contributed by atoms with van der Waals surface area (Å²) in [6.45, 7) is 1.60. The molecule has 0 radical (unpaired) electrons. The number of hydrogen-bond donors (Lipinski definition) is 3. The van der Waals surface area contributed by atoms with Gasteiger partial charge in [-0.05, 0) is 26.2 Å². The van der Waals surface area contributed by atoms with Crippen LogP contribution in [0.2, 0.25) is 0 Å². The number of rotatable bonds is 1. The third kappa shape index (κ3) is 2.02. The van der Waals surface area contributed by atoms with Gasteiger partial charge in [0.05, 0.1) is 11.7 Å². The second-order valence-electron chi connectivity index (χ2n) is 5.76. The van der Waals surface area contributed by atoms with Crippen LogP contribution in [0, 0.1) is 6.92 Å². The molecule has 3 rings (SSSR count). The van der Waals surface area contributed by atoms with Crippen molar-refractivity contribution in [2.75, 3.05) is 0 Å². The van der Waals surface area contributed by atoms with Crippen LogP contribution in [0.4, 0.5) is 0 Å². The zero-order valence-corrected chi connectivity index (χ0v) is 11.2. The summed E-state index contributed by atoms with van der Waals surface area (Å²) in [7, 11) is 0. The molecule has 1 aliphatic carbocycles. The van der Waals surface area contributed by atoms with Crippen LogP contribution >= 0.6 is 0 Å². The number of fused-ring (bicyclic) bond motifs is 1. The van der Waals surface area contributed by atoms with E-state index in [4.69, 9.17) is 4.74 Å². The molecule has 0 spiro atoms. The predicted octanol–water partition coefficient (Wildman–Crippen LogP) is -0.592. The number of aryl methyl sites for hydroxylation is 1. The van der Waals surface area contributed by atoms with Crippen LogP contribution in [0.15, 0.2) is 15.8 Å². The highest BCUT2D eigenvalue weighted by molar-refractivity contribution is 5.05. The highest BCUT2D eigenvalue weighted by Crippen LogP contribution is 2.44. The van der Waals surface area contributed by atoms with E-state index in [0.29, 0.717) is 18.4 Å². The summed E-state index contributed by atoms with van der Waals surface area (Å²) in [5.41, 5.74) is -1.70. The molecule has 4 atom stereocenters. The Balaban J connectivity index is 1.96. The number of nitrogens with one attached hydrogen (secondary N) is 1. The second-order valence-corrected chi connectivity index (χ2v) is 5.76. The van der Waals surface area contributed by atoms with Crippen LogP contribution in [0.1, 0.15) is 37.5 Å². The normalized spacial score (nSPS) is 36.9. The van der Waals surface area contributed by atoms with E-state index in [1.807, 2.05) is 0 Å². The molecule has 0 amide bonds. The van der Waals surface area contributed by atoms with E-state index in [1.54, 1.807) is 6.92 Å². The van der Waals surface area contributed by atoms with Crippen molar-refractivity contribution in [3.8, 4) is 0 Å². The second kappa shape index (κ2) is 4.54. The average molecular weight is 282 g/mol. The van der Waals surface area contributed by atoms with E-state index in [2.05, 4.69) is 4.98 Å². The molecule has 20 heavy (non-hydrogen) atoms. The van der Waals surface area contributed by atoms with E-state index in [9.17, 15) is 19.8 Å². The van der Waals surface area contributed by atoms with Crippen LogP contribution in [0.25, 0.3) is 0 Å². The predicted molar refractivity (Wildman–Crippen MR) is 69.4 cm³/mol. The summed E-state index contributed by atoms with van der Waals surface area (Å²) in [6, 6.07) is 0. The maximum absolute atomic E-state index is 11.9. The molecule has 1 aromatic heterocycles. The van der Waals surface area contributed by atoms with Gasteiger partial charge in [-0.1, -0.05) is 0 Å². The number of aliphatic hydroxyl groups excluding tert-OH is 1. The van der Waals surface area contributed by atoms with Crippen molar-refractivity contribution in [3.05, 3.63) is 32.6 Å². The van der Waals surface area contributed by atoms with E-state index < -0.39 is 35.3 Å². The lowest BCUT2D eigenvalue weighted by atomic mass is 9.80. The van der Waals surface area contributed by atoms with Gasteiger partial charge < -0.3 is 14.9 Å². The lowest BCUT2D eigenvalue weighted by Crippen LogP contribution is -2.48. The maximum Gasteiger partial charge on any atom is 0.330 e. The monoisotopic (exact) mass is 282 g/mol. The molecule has 3 N–H and O–H groups in total. The van der Waals surface area contributed by atoms with Crippen molar-refractivity contribution < 1.29 is 14.9 Å². The first-order valence-electron chi connectivity index (χ1n) is 6.79. The third-order valence-electron chi connectivity index (χ3n) is 4.28. The van der Waals surface area contributed by atoms with Gasteiger partial charge in [0.1, 0.15) is 12.3 Å². The lowest BCUT2D eigenvalue weighted by Gasteiger charge is -2.35. The summed E-state index contributed by atoms with van der Waals surface area (Å²) >= 11 is 0. The quantitative estimate of drug-likeness (QED) is 0.638. The zero-order valence-electron chi connectivity index (χ0n) is 11.2.